The maximum Gasteiger partial charge on any atom is 0.101 e. The van der Waals surface area contributed by atoms with Crippen LogP contribution in [0.1, 0.15) is 16.7 Å². The highest BCUT2D eigenvalue weighted by atomic mass is 15.0. The van der Waals surface area contributed by atoms with Crippen LogP contribution in [0, 0.1) is 22.7 Å². The second kappa shape index (κ2) is 11.4. The van der Waals surface area contributed by atoms with Crippen molar-refractivity contribution >= 4 is 43.6 Å². The van der Waals surface area contributed by atoms with Gasteiger partial charge in [0.25, 0.3) is 0 Å². The van der Waals surface area contributed by atoms with E-state index in [9.17, 15) is 10.5 Å². The first kappa shape index (κ1) is 28.4. The lowest BCUT2D eigenvalue weighted by Crippen LogP contribution is -2.01. The lowest BCUT2D eigenvalue weighted by atomic mass is 9.96. The molecule has 2 heterocycles. The maximum atomic E-state index is 10.2. The monoisotopic (exact) mass is 624 g/mol. The fraction of sp³-hybridized carbons (Fsp3) is 0.0222. The molecule has 0 atom stereocenters. The Balaban J connectivity index is 1.13. The number of nitrogens with zero attached hydrogens (tertiary/aromatic N) is 4. The molecule has 0 spiro atoms. The molecule has 4 nitrogen and oxygen atoms in total. The average Bonchev–Trinajstić information content (AvgIpc) is 3.68. The van der Waals surface area contributed by atoms with E-state index in [2.05, 4.69) is 137 Å². The van der Waals surface area contributed by atoms with Crippen LogP contribution in [0.25, 0.3) is 71.6 Å². The molecule has 0 saturated heterocycles. The molecule has 4 heteroatoms. The van der Waals surface area contributed by atoms with Gasteiger partial charge in [-0.25, -0.2) is 0 Å². The fourth-order valence-corrected chi connectivity index (χ4v) is 7.48. The molecule has 0 unspecified atom stereocenters. The molecule has 0 radical (unpaired) electrons. The molecule has 7 aromatic carbocycles. The minimum absolute atomic E-state index is 0.551. The molecule has 0 aliphatic rings. The second-order valence-electron chi connectivity index (χ2n) is 12.4. The molecule has 0 fully saturated rings. The number of hydrogen-bond donors (Lipinski definition) is 0. The van der Waals surface area contributed by atoms with E-state index in [0.29, 0.717) is 11.1 Å². The molecule has 228 valence electrons. The Labute approximate surface area is 283 Å². The van der Waals surface area contributed by atoms with Crippen molar-refractivity contribution in [3.05, 3.63) is 174 Å². The summed E-state index contributed by atoms with van der Waals surface area (Å²) >= 11 is 0. The molecule has 2 aromatic heterocycles. The van der Waals surface area contributed by atoms with Gasteiger partial charge in [-0.3, -0.25) is 0 Å². The fourth-order valence-electron chi connectivity index (χ4n) is 7.48. The summed E-state index contributed by atoms with van der Waals surface area (Å²) in [4.78, 5) is 0. The topological polar surface area (TPSA) is 57.4 Å². The quantitative estimate of drug-likeness (QED) is 0.191. The Bertz CT molecular complexity index is 2770. The number of aromatic nitrogens is 2. The van der Waals surface area contributed by atoms with Crippen molar-refractivity contribution in [2.45, 2.75) is 6.54 Å². The average molecular weight is 625 g/mol. The van der Waals surface area contributed by atoms with Crippen molar-refractivity contribution in [3.63, 3.8) is 0 Å². The Hall–Kier alpha value is -6.88. The summed E-state index contributed by atoms with van der Waals surface area (Å²) < 4.78 is 4.49. The molecular weight excluding hydrogens is 597 g/mol. The van der Waals surface area contributed by atoms with Crippen molar-refractivity contribution in [2.24, 2.45) is 0 Å². The van der Waals surface area contributed by atoms with Gasteiger partial charge in [-0.15, -0.1) is 0 Å². The van der Waals surface area contributed by atoms with Crippen molar-refractivity contribution in [1.29, 1.82) is 10.5 Å². The van der Waals surface area contributed by atoms with Crippen LogP contribution in [0.3, 0.4) is 0 Å². The number of fused-ring (bicyclic) bond motifs is 6. The lowest BCUT2D eigenvalue weighted by molar-refractivity contribution is 0.871. The first-order valence-corrected chi connectivity index (χ1v) is 16.3. The van der Waals surface area contributed by atoms with Crippen LogP contribution >= 0.6 is 0 Å². The van der Waals surface area contributed by atoms with Crippen LogP contribution < -0.4 is 0 Å². The van der Waals surface area contributed by atoms with E-state index >= 15 is 0 Å². The zero-order chi connectivity index (χ0) is 32.9. The van der Waals surface area contributed by atoms with Gasteiger partial charge in [-0.1, -0.05) is 121 Å². The van der Waals surface area contributed by atoms with Crippen LogP contribution in [-0.4, -0.2) is 9.13 Å². The predicted molar refractivity (Wildman–Crippen MR) is 200 cm³/mol. The van der Waals surface area contributed by atoms with Crippen molar-refractivity contribution in [3.8, 4) is 40.1 Å². The standard InChI is InChI=1S/C45H28N4/c46-27-33-25-24-32(26-44(33)49-43-19-8-5-15-39(43)40-16-9-11-34(28-47)45(40)49)30-20-22-31(23-21-30)36-12-2-1-10-35(36)29-48-41-17-6-3-13-37(41)38-14-4-7-18-42(38)48/h1-26H,29H2. The largest absolute Gasteiger partial charge is 0.336 e. The highest BCUT2D eigenvalue weighted by Gasteiger charge is 2.18. The van der Waals surface area contributed by atoms with Crippen LogP contribution in [0.15, 0.2) is 158 Å². The Morgan fingerprint density at radius 3 is 1.69 bits per heavy atom. The molecule has 0 aliphatic carbocycles. The molecule has 9 rings (SSSR count). The Kier molecular flexibility index (Phi) is 6.61. The lowest BCUT2D eigenvalue weighted by Gasteiger charge is -2.15. The van der Waals surface area contributed by atoms with E-state index in [1.54, 1.807) is 0 Å². The number of para-hydroxylation sites is 4. The molecular formula is C45H28N4. The number of hydrogen-bond acceptors (Lipinski definition) is 2. The molecule has 0 bridgehead atoms. The molecule has 0 N–H and O–H groups in total. The first-order valence-electron chi connectivity index (χ1n) is 16.3. The SMILES string of the molecule is N#Cc1ccc(-c2ccc(-c3ccccc3Cn3c4ccccc4c4ccccc43)cc2)cc1-n1c2ccccc2c2cccc(C#N)c21. The highest BCUT2D eigenvalue weighted by molar-refractivity contribution is 6.11. The van der Waals surface area contributed by atoms with Gasteiger partial charge in [-0.2, -0.15) is 10.5 Å². The van der Waals surface area contributed by atoms with Crippen molar-refractivity contribution < 1.29 is 0 Å². The van der Waals surface area contributed by atoms with Gasteiger partial charge in [0.05, 0.1) is 27.8 Å². The minimum Gasteiger partial charge on any atom is -0.336 e. The van der Waals surface area contributed by atoms with Gasteiger partial charge < -0.3 is 9.13 Å². The third kappa shape index (κ3) is 4.51. The molecule has 0 aliphatic heterocycles. The number of rotatable bonds is 5. The van der Waals surface area contributed by atoms with Gasteiger partial charge in [0, 0.05) is 39.1 Å². The van der Waals surface area contributed by atoms with Gasteiger partial charge in [0.2, 0.25) is 0 Å². The second-order valence-corrected chi connectivity index (χ2v) is 12.4. The summed E-state index contributed by atoms with van der Waals surface area (Å²) in [7, 11) is 0. The summed E-state index contributed by atoms with van der Waals surface area (Å²) in [5.41, 5.74) is 11.8. The van der Waals surface area contributed by atoms with E-state index in [4.69, 9.17) is 0 Å². The highest BCUT2D eigenvalue weighted by Crippen LogP contribution is 2.37. The summed E-state index contributed by atoms with van der Waals surface area (Å²) in [5.74, 6) is 0. The normalized spacial score (nSPS) is 11.3. The zero-order valence-electron chi connectivity index (χ0n) is 26.5. The van der Waals surface area contributed by atoms with Gasteiger partial charge >= 0.3 is 0 Å². The van der Waals surface area contributed by atoms with Crippen LogP contribution in [0.4, 0.5) is 0 Å². The van der Waals surface area contributed by atoms with Gasteiger partial charge in [0.15, 0.2) is 0 Å². The minimum atomic E-state index is 0.551. The molecule has 0 amide bonds. The summed E-state index contributed by atoms with van der Waals surface area (Å²) in [6, 6.07) is 59.3. The van der Waals surface area contributed by atoms with E-state index in [1.165, 1.54) is 32.9 Å². The summed E-state index contributed by atoms with van der Waals surface area (Å²) in [6.07, 6.45) is 0. The molecule has 49 heavy (non-hydrogen) atoms. The van der Waals surface area contributed by atoms with Crippen molar-refractivity contribution in [1.82, 2.24) is 9.13 Å². The Morgan fingerprint density at radius 2 is 1.00 bits per heavy atom. The van der Waals surface area contributed by atoms with Crippen LogP contribution in [0.2, 0.25) is 0 Å². The van der Waals surface area contributed by atoms with E-state index in [-0.39, 0.29) is 0 Å². The molecule has 9 aromatic rings. The first-order chi connectivity index (χ1) is 24.2. The zero-order valence-corrected chi connectivity index (χ0v) is 26.5. The maximum absolute atomic E-state index is 10.2. The van der Waals surface area contributed by atoms with Gasteiger partial charge in [-0.05, 0) is 64.2 Å². The molecule has 0 saturated carbocycles. The summed E-state index contributed by atoms with van der Waals surface area (Å²) in [5, 5.41) is 24.9. The smallest absolute Gasteiger partial charge is 0.101 e. The van der Waals surface area contributed by atoms with Gasteiger partial charge in [0.1, 0.15) is 12.1 Å². The van der Waals surface area contributed by atoms with Crippen molar-refractivity contribution in [2.75, 3.05) is 0 Å². The van der Waals surface area contributed by atoms with Crippen LogP contribution in [-0.2, 0) is 6.54 Å². The van der Waals surface area contributed by atoms with E-state index in [0.717, 1.165) is 50.7 Å². The number of nitriles is 2. The number of benzene rings is 7. The van der Waals surface area contributed by atoms with E-state index in [1.807, 2.05) is 42.5 Å². The van der Waals surface area contributed by atoms with Crippen LogP contribution in [0.5, 0.6) is 0 Å². The Morgan fingerprint density at radius 1 is 0.449 bits per heavy atom. The predicted octanol–water partition coefficient (Wildman–Crippen LogP) is 11.0. The third-order valence-electron chi connectivity index (χ3n) is 9.73. The van der Waals surface area contributed by atoms with E-state index < -0.39 is 0 Å². The summed E-state index contributed by atoms with van der Waals surface area (Å²) in [6.45, 7) is 0.758. The third-order valence-corrected chi connectivity index (χ3v) is 9.73.